The first-order chi connectivity index (χ1) is 11.7. The van der Waals surface area contributed by atoms with E-state index < -0.39 is 0 Å². The van der Waals surface area contributed by atoms with Crippen LogP contribution in [0.15, 0.2) is 42.9 Å². The number of para-hydroxylation sites is 1. The minimum absolute atomic E-state index is 0.178. The number of aromatic nitrogens is 3. The lowest BCUT2D eigenvalue weighted by Crippen LogP contribution is -2.42. The third-order valence-corrected chi connectivity index (χ3v) is 4.10. The fourth-order valence-corrected chi connectivity index (χ4v) is 2.89. The van der Waals surface area contributed by atoms with Crippen molar-refractivity contribution in [2.24, 2.45) is 0 Å². The van der Waals surface area contributed by atoms with E-state index in [4.69, 9.17) is 4.74 Å². The smallest absolute Gasteiger partial charge is 0.270 e. The number of morpholine rings is 1. The van der Waals surface area contributed by atoms with Gasteiger partial charge in [0.2, 0.25) is 0 Å². The summed E-state index contributed by atoms with van der Waals surface area (Å²) in [5, 5.41) is 0.678. The van der Waals surface area contributed by atoms with Crippen molar-refractivity contribution >= 4 is 16.8 Å². The Morgan fingerprint density at radius 1 is 1.38 bits per heavy atom. The Bertz CT molecular complexity index is 881. The van der Waals surface area contributed by atoms with Crippen molar-refractivity contribution in [3.05, 3.63) is 60.1 Å². The first-order valence-electron chi connectivity index (χ1n) is 7.66. The largest absolute Gasteiger partial charge is 0.368 e. The molecule has 1 N–H and O–H groups in total. The molecule has 1 unspecified atom stereocenters. The van der Waals surface area contributed by atoms with Gasteiger partial charge in [-0.05, 0) is 12.1 Å². The molecule has 3 heterocycles. The number of ether oxygens (including phenoxy) is 1. The van der Waals surface area contributed by atoms with Crippen LogP contribution in [-0.2, 0) is 4.74 Å². The highest BCUT2D eigenvalue weighted by Crippen LogP contribution is 2.23. The van der Waals surface area contributed by atoms with E-state index in [1.165, 1.54) is 6.07 Å². The molecule has 1 aliphatic rings. The molecular weight excluding hydrogens is 311 g/mol. The molecule has 1 fully saturated rings. The lowest BCUT2D eigenvalue weighted by molar-refractivity contribution is -0.0250. The summed E-state index contributed by atoms with van der Waals surface area (Å²) >= 11 is 0. The molecule has 0 saturated carbocycles. The maximum Gasteiger partial charge on any atom is 0.270 e. The standard InChI is InChI=1S/C17H15FN4O2/c18-12-3-1-2-11-8-13(21-16(11)12)17(23)22-6-7-24-15(10-22)14-9-19-4-5-20-14/h1-5,8-9,15,21H,6-7,10H2. The average molecular weight is 326 g/mol. The normalized spacial score (nSPS) is 18.0. The molecule has 122 valence electrons. The Balaban J connectivity index is 1.58. The van der Waals surface area contributed by atoms with Crippen LogP contribution in [0.3, 0.4) is 0 Å². The molecule has 0 aliphatic carbocycles. The van der Waals surface area contributed by atoms with E-state index in [9.17, 15) is 9.18 Å². The number of nitrogens with zero attached hydrogens (tertiary/aromatic N) is 3. The number of nitrogens with one attached hydrogen (secondary N) is 1. The van der Waals surface area contributed by atoms with E-state index in [0.717, 1.165) is 0 Å². The molecule has 1 atom stereocenters. The van der Waals surface area contributed by atoms with Gasteiger partial charge in [-0.2, -0.15) is 0 Å². The maximum atomic E-state index is 13.8. The molecule has 0 radical (unpaired) electrons. The lowest BCUT2D eigenvalue weighted by Gasteiger charge is -2.32. The summed E-state index contributed by atoms with van der Waals surface area (Å²) in [4.78, 5) is 25.6. The number of halogens is 1. The quantitative estimate of drug-likeness (QED) is 0.784. The van der Waals surface area contributed by atoms with Gasteiger partial charge in [0.05, 0.1) is 30.6 Å². The molecule has 1 aliphatic heterocycles. The first-order valence-corrected chi connectivity index (χ1v) is 7.66. The van der Waals surface area contributed by atoms with Gasteiger partial charge in [-0.1, -0.05) is 12.1 Å². The highest BCUT2D eigenvalue weighted by Gasteiger charge is 2.28. The second-order valence-corrected chi connectivity index (χ2v) is 5.63. The molecule has 4 rings (SSSR count). The van der Waals surface area contributed by atoms with Crippen LogP contribution >= 0.6 is 0 Å². The van der Waals surface area contributed by atoms with Crippen LogP contribution in [0.2, 0.25) is 0 Å². The molecule has 1 amide bonds. The van der Waals surface area contributed by atoms with Gasteiger partial charge in [0.25, 0.3) is 5.91 Å². The van der Waals surface area contributed by atoms with Crippen LogP contribution in [0.1, 0.15) is 22.3 Å². The number of hydrogen-bond donors (Lipinski definition) is 1. The Hall–Kier alpha value is -2.80. The van der Waals surface area contributed by atoms with E-state index >= 15 is 0 Å². The van der Waals surface area contributed by atoms with Crippen LogP contribution in [0.25, 0.3) is 10.9 Å². The monoisotopic (exact) mass is 326 g/mol. The van der Waals surface area contributed by atoms with Crippen molar-refractivity contribution in [1.29, 1.82) is 0 Å². The zero-order chi connectivity index (χ0) is 16.5. The summed E-state index contributed by atoms with van der Waals surface area (Å²) in [5.41, 5.74) is 1.41. The Labute approximate surface area is 137 Å². The van der Waals surface area contributed by atoms with Gasteiger partial charge in [-0.3, -0.25) is 14.8 Å². The summed E-state index contributed by atoms with van der Waals surface area (Å²) < 4.78 is 19.5. The summed E-state index contributed by atoms with van der Waals surface area (Å²) in [5.74, 6) is -0.547. The van der Waals surface area contributed by atoms with Crippen LogP contribution in [-0.4, -0.2) is 45.5 Å². The molecular formula is C17H15FN4O2. The van der Waals surface area contributed by atoms with Crippen molar-refractivity contribution in [1.82, 2.24) is 19.9 Å². The fourth-order valence-electron chi connectivity index (χ4n) is 2.89. The highest BCUT2D eigenvalue weighted by atomic mass is 19.1. The Morgan fingerprint density at radius 3 is 3.08 bits per heavy atom. The van der Waals surface area contributed by atoms with Gasteiger partial charge in [-0.25, -0.2) is 4.39 Å². The minimum Gasteiger partial charge on any atom is -0.368 e. The third kappa shape index (κ3) is 2.63. The second-order valence-electron chi connectivity index (χ2n) is 5.63. The van der Waals surface area contributed by atoms with E-state index in [-0.39, 0.29) is 17.8 Å². The van der Waals surface area contributed by atoms with E-state index in [1.54, 1.807) is 41.7 Å². The maximum absolute atomic E-state index is 13.8. The number of hydrogen-bond acceptors (Lipinski definition) is 4. The summed E-state index contributed by atoms with van der Waals surface area (Å²) in [6.45, 7) is 1.28. The molecule has 7 heteroatoms. The molecule has 1 saturated heterocycles. The Morgan fingerprint density at radius 2 is 2.29 bits per heavy atom. The Kier molecular flexibility index (Phi) is 3.70. The molecule has 2 aromatic heterocycles. The summed E-state index contributed by atoms with van der Waals surface area (Å²) in [6.07, 6.45) is 4.52. The predicted octanol–water partition coefficient (Wildman–Crippen LogP) is 2.31. The van der Waals surface area contributed by atoms with Crippen molar-refractivity contribution in [2.45, 2.75) is 6.10 Å². The van der Waals surface area contributed by atoms with Crippen molar-refractivity contribution in [2.75, 3.05) is 19.7 Å². The average Bonchev–Trinajstić information content (AvgIpc) is 3.08. The molecule has 0 spiro atoms. The van der Waals surface area contributed by atoms with Crippen molar-refractivity contribution in [3.8, 4) is 0 Å². The van der Waals surface area contributed by atoms with E-state index in [2.05, 4.69) is 15.0 Å². The van der Waals surface area contributed by atoms with Crippen LogP contribution in [0.5, 0.6) is 0 Å². The zero-order valence-corrected chi connectivity index (χ0v) is 12.8. The van der Waals surface area contributed by atoms with Gasteiger partial charge in [0.1, 0.15) is 17.6 Å². The van der Waals surface area contributed by atoms with Crippen LogP contribution in [0.4, 0.5) is 4.39 Å². The molecule has 1 aromatic carbocycles. The number of carbonyl (C=O) groups excluding carboxylic acids is 1. The molecule has 0 bridgehead atoms. The topological polar surface area (TPSA) is 71.1 Å². The van der Waals surface area contributed by atoms with E-state index in [0.29, 0.717) is 42.0 Å². The van der Waals surface area contributed by atoms with Gasteiger partial charge in [-0.15, -0.1) is 0 Å². The second kappa shape index (κ2) is 6.01. The number of carbonyl (C=O) groups is 1. The minimum atomic E-state index is -0.369. The molecule has 3 aromatic rings. The number of fused-ring (bicyclic) bond motifs is 1. The number of amides is 1. The fraction of sp³-hybridized carbons (Fsp3) is 0.235. The third-order valence-electron chi connectivity index (χ3n) is 4.10. The summed E-state index contributed by atoms with van der Waals surface area (Å²) in [7, 11) is 0. The highest BCUT2D eigenvalue weighted by molar-refractivity contribution is 5.98. The van der Waals surface area contributed by atoms with Gasteiger partial charge in [0.15, 0.2) is 0 Å². The number of H-pyrrole nitrogens is 1. The lowest BCUT2D eigenvalue weighted by atomic mass is 10.2. The predicted molar refractivity (Wildman–Crippen MR) is 84.9 cm³/mol. The number of rotatable bonds is 2. The molecule has 24 heavy (non-hydrogen) atoms. The zero-order valence-electron chi connectivity index (χ0n) is 12.8. The van der Waals surface area contributed by atoms with Gasteiger partial charge >= 0.3 is 0 Å². The summed E-state index contributed by atoms with van der Waals surface area (Å²) in [6, 6.07) is 6.44. The SMILES string of the molecule is O=C(c1cc2cccc(F)c2[nH]1)N1CCOC(c2cnccn2)C1. The van der Waals surface area contributed by atoms with Crippen molar-refractivity contribution in [3.63, 3.8) is 0 Å². The number of aromatic amines is 1. The number of benzene rings is 1. The van der Waals surface area contributed by atoms with Crippen molar-refractivity contribution < 1.29 is 13.9 Å². The van der Waals surface area contributed by atoms with E-state index in [1.807, 2.05) is 0 Å². The van der Waals surface area contributed by atoms with Crippen LogP contribution in [0, 0.1) is 5.82 Å². The van der Waals surface area contributed by atoms with Gasteiger partial charge < -0.3 is 14.6 Å². The molecule has 6 nitrogen and oxygen atoms in total. The van der Waals surface area contributed by atoms with Gasteiger partial charge in [0, 0.05) is 24.3 Å². The first kappa shape index (κ1) is 14.8. The van der Waals surface area contributed by atoms with Crippen LogP contribution < -0.4 is 0 Å².